The van der Waals surface area contributed by atoms with E-state index in [-0.39, 0.29) is 5.41 Å². The van der Waals surface area contributed by atoms with E-state index in [1.165, 1.54) is 53.2 Å². The molecule has 0 amide bonds. The SMILES string of the molecule is CC1(C)c2ccccc2-c2cc(N(c3ccccc3)c3cc(N(c4ccccc4)c4ccc5c(c4)oc4ccccc45)cc4sc5c6ccccc6c(N(c6ccccc6)c6ccccc6)cc5c34)ccc21. The number of anilines is 9. The molecule has 0 atom stereocenters. The Morgan fingerprint density at radius 1 is 0.333 bits per heavy atom. The van der Waals surface area contributed by atoms with Crippen LogP contribution in [0.4, 0.5) is 51.2 Å². The van der Waals surface area contributed by atoms with Crippen molar-refractivity contribution < 1.29 is 4.42 Å². The number of fused-ring (bicyclic) bond motifs is 11. The van der Waals surface area contributed by atoms with Gasteiger partial charge in [-0.25, -0.2) is 0 Å². The predicted octanol–water partition coefficient (Wildman–Crippen LogP) is 19.8. The summed E-state index contributed by atoms with van der Waals surface area (Å²) in [5.41, 5.74) is 16.6. The zero-order chi connectivity index (χ0) is 47.9. The second-order valence-electron chi connectivity index (χ2n) is 19.3. The van der Waals surface area contributed by atoms with Gasteiger partial charge in [-0.15, -0.1) is 11.3 Å². The number of thiophene rings is 1. The van der Waals surface area contributed by atoms with Crippen molar-refractivity contribution in [2.75, 3.05) is 14.7 Å². The molecule has 0 saturated heterocycles. The third kappa shape index (κ3) is 6.66. The monoisotopic (exact) mass is 941 g/mol. The predicted molar refractivity (Wildman–Crippen MR) is 306 cm³/mol. The number of hydrogen-bond donors (Lipinski definition) is 0. The summed E-state index contributed by atoms with van der Waals surface area (Å²) in [4.78, 5) is 7.30. The van der Waals surface area contributed by atoms with E-state index >= 15 is 0 Å². The Balaban J connectivity index is 1.10. The fourth-order valence-electron chi connectivity index (χ4n) is 11.5. The fourth-order valence-corrected chi connectivity index (χ4v) is 12.7. The molecule has 0 aliphatic heterocycles. The van der Waals surface area contributed by atoms with Gasteiger partial charge < -0.3 is 19.1 Å². The van der Waals surface area contributed by atoms with Gasteiger partial charge in [0.25, 0.3) is 0 Å². The van der Waals surface area contributed by atoms with Gasteiger partial charge in [-0.1, -0.05) is 159 Å². The molecule has 0 N–H and O–H groups in total. The first-order valence-corrected chi connectivity index (χ1v) is 25.5. The summed E-state index contributed by atoms with van der Waals surface area (Å²) in [5, 5.41) is 7.01. The molecule has 5 heteroatoms. The minimum atomic E-state index is -0.128. The zero-order valence-electron chi connectivity index (χ0n) is 39.8. The smallest absolute Gasteiger partial charge is 0.137 e. The first-order chi connectivity index (χ1) is 35.5. The van der Waals surface area contributed by atoms with Gasteiger partial charge in [0.1, 0.15) is 11.2 Å². The number of rotatable bonds is 9. The average Bonchev–Trinajstić information content (AvgIpc) is 4.07. The molecule has 0 radical (unpaired) electrons. The van der Waals surface area contributed by atoms with Crippen LogP contribution >= 0.6 is 11.3 Å². The van der Waals surface area contributed by atoms with Crippen molar-refractivity contribution >= 4 is 115 Å². The van der Waals surface area contributed by atoms with E-state index in [1.807, 2.05) is 17.4 Å². The van der Waals surface area contributed by atoms with Gasteiger partial charge in [-0.3, -0.25) is 0 Å². The number of nitrogens with zero attached hydrogens (tertiary/aromatic N) is 3. The molecule has 11 aromatic carbocycles. The highest BCUT2D eigenvalue weighted by atomic mass is 32.1. The normalized spacial score (nSPS) is 12.7. The molecule has 2 aromatic heterocycles. The molecule has 4 nitrogen and oxygen atoms in total. The van der Waals surface area contributed by atoms with Crippen molar-refractivity contribution in [1.82, 2.24) is 0 Å². The second-order valence-corrected chi connectivity index (χ2v) is 20.3. The molecule has 1 aliphatic carbocycles. The first-order valence-electron chi connectivity index (χ1n) is 24.7. The van der Waals surface area contributed by atoms with Gasteiger partial charge in [0.05, 0.1) is 11.4 Å². The lowest BCUT2D eigenvalue weighted by molar-refractivity contribution is 0.660. The molecular weight excluding hydrogens is 895 g/mol. The van der Waals surface area contributed by atoms with Gasteiger partial charge in [0.2, 0.25) is 0 Å². The summed E-state index contributed by atoms with van der Waals surface area (Å²) in [7, 11) is 0. The Bertz CT molecular complexity index is 4160. The average molecular weight is 942 g/mol. The van der Waals surface area contributed by atoms with Crippen LogP contribution in [0.5, 0.6) is 0 Å². The van der Waals surface area contributed by atoms with E-state index in [0.29, 0.717) is 0 Å². The molecule has 0 saturated carbocycles. The standard InChI is InChI=1S/C67H47N3OS/c1-67(2)58-33-19-17-29-51(58)56-39-48(36-38-59(56)67)70(47-27-13-6-14-28-47)61-40-50(68(44-21-7-3-8-22-44)49-35-37-54-53-31-18-20-34-62(53)71-63(54)41-49)42-64-65(61)57-43-60(52-30-15-16-32-55(52)66(57)72-64)69(45-23-9-4-10-24-45)46-25-11-5-12-26-46/h3-43H,1-2H3. The molecule has 72 heavy (non-hydrogen) atoms. The van der Waals surface area contributed by atoms with Crippen molar-refractivity contribution in [3.8, 4) is 11.1 Å². The molecule has 0 fully saturated rings. The van der Waals surface area contributed by atoms with Crippen molar-refractivity contribution in [3.05, 3.63) is 260 Å². The van der Waals surface area contributed by atoms with E-state index in [1.54, 1.807) is 0 Å². The van der Waals surface area contributed by atoms with Crippen LogP contribution in [0.15, 0.2) is 253 Å². The summed E-state index contributed by atoms with van der Waals surface area (Å²) in [5.74, 6) is 0. The van der Waals surface area contributed by atoms with Crippen LogP contribution in [-0.4, -0.2) is 0 Å². The van der Waals surface area contributed by atoms with Crippen LogP contribution in [-0.2, 0) is 5.41 Å². The number of furan rings is 1. The van der Waals surface area contributed by atoms with E-state index in [4.69, 9.17) is 4.42 Å². The number of benzene rings is 11. The summed E-state index contributed by atoms with van der Waals surface area (Å²) < 4.78 is 9.01. The van der Waals surface area contributed by atoms with E-state index in [2.05, 4.69) is 271 Å². The molecule has 14 rings (SSSR count). The minimum absolute atomic E-state index is 0.128. The van der Waals surface area contributed by atoms with Gasteiger partial charge >= 0.3 is 0 Å². The summed E-state index contributed by atoms with van der Waals surface area (Å²) >= 11 is 1.87. The number of para-hydroxylation sites is 5. The third-order valence-corrected chi connectivity index (χ3v) is 16.0. The maximum absolute atomic E-state index is 6.58. The highest BCUT2D eigenvalue weighted by Gasteiger charge is 2.36. The fraction of sp³-hybridized carbons (Fsp3) is 0.0448. The second kappa shape index (κ2) is 16.6. The third-order valence-electron chi connectivity index (χ3n) is 14.8. The van der Waals surface area contributed by atoms with E-state index in [9.17, 15) is 0 Å². The van der Waals surface area contributed by atoms with Crippen molar-refractivity contribution in [1.29, 1.82) is 0 Å². The lowest BCUT2D eigenvalue weighted by atomic mass is 9.82. The molecule has 1 aliphatic rings. The molecule has 0 bridgehead atoms. The molecular formula is C67H47N3OS. The van der Waals surface area contributed by atoms with Crippen molar-refractivity contribution in [2.24, 2.45) is 0 Å². The molecule has 13 aromatic rings. The van der Waals surface area contributed by atoms with Crippen LogP contribution < -0.4 is 14.7 Å². The Kier molecular flexibility index (Phi) is 9.70. The van der Waals surface area contributed by atoms with Gasteiger partial charge in [-0.2, -0.15) is 0 Å². The largest absolute Gasteiger partial charge is 0.456 e. The molecule has 0 unspecified atom stereocenters. The molecule has 2 heterocycles. The molecule has 0 spiro atoms. The topological polar surface area (TPSA) is 22.9 Å². The number of hydrogen-bond acceptors (Lipinski definition) is 5. The molecule has 342 valence electrons. The highest BCUT2D eigenvalue weighted by molar-refractivity contribution is 7.26. The van der Waals surface area contributed by atoms with Gasteiger partial charge in [0, 0.05) is 93.0 Å². The highest BCUT2D eigenvalue weighted by Crippen LogP contribution is 2.55. The Hall–Kier alpha value is -8.90. The van der Waals surface area contributed by atoms with Crippen molar-refractivity contribution in [3.63, 3.8) is 0 Å². The van der Waals surface area contributed by atoms with Crippen LogP contribution in [0.25, 0.3) is 64.0 Å². The van der Waals surface area contributed by atoms with Gasteiger partial charge in [-0.05, 0) is 119 Å². The van der Waals surface area contributed by atoms with Crippen LogP contribution in [0.3, 0.4) is 0 Å². The Labute approximate surface area is 422 Å². The van der Waals surface area contributed by atoms with Crippen molar-refractivity contribution in [2.45, 2.75) is 19.3 Å². The van der Waals surface area contributed by atoms with Crippen LogP contribution in [0.2, 0.25) is 0 Å². The lowest BCUT2D eigenvalue weighted by Crippen LogP contribution is -2.16. The quantitative estimate of drug-likeness (QED) is 0.144. The minimum Gasteiger partial charge on any atom is -0.456 e. The van der Waals surface area contributed by atoms with E-state index in [0.717, 1.165) is 73.1 Å². The lowest BCUT2D eigenvalue weighted by Gasteiger charge is -2.31. The summed E-state index contributed by atoms with van der Waals surface area (Å²) in [6.07, 6.45) is 0. The summed E-state index contributed by atoms with van der Waals surface area (Å²) in [6, 6.07) is 90.5. The summed E-state index contributed by atoms with van der Waals surface area (Å²) in [6.45, 7) is 4.71. The maximum Gasteiger partial charge on any atom is 0.137 e. The Morgan fingerprint density at radius 3 is 1.53 bits per heavy atom. The van der Waals surface area contributed by atoms with Gasteiger partial charge in [0.15, 0.2) is 0 Å². The Morgan fingerprint density at radius 2 is 0.847 bits per heavy atom. The first kappa shape index (κ1) is 42.0. The maximum atomic E-state index is 6.58. The van der Waals surface area contributed by atoms with Crippen LogP contribution in [0, 0.1) is 0 Å². The van der Waals surface area contributed by atoms with E-state index < -0.39 is 0 Å². The zero-order valence-corrected chi connectivity index (χ0v) is 40.6. The van der Waals surface area contributed by atoms with Crippen LogP contribution in [0.1, 0.15) is 25.0 Å².